The minimum Gasteiger partial charge on any atom is -0.494 e. The van der Waals surface area contributed by atoms with Crippen molar-refractivity contribution in [3.8, 4) is 5.75 Å². The normalized spacial score (nSPS) is 11.3. The van der Waals surface area contributed by atoms with Crippen LogP contribution >= 0.6 is 0 Å². The molecule has 2 aromatic heterocycles. The highest BCUT2D eigenvalue weighted by molar-refractivity contribution is 5.97. The number of hydrogen-bond donors (Lipinski definition) is 2. The summed E-state index contributed by atoms with van der Waals surface area (Å²) in [5.41, 5.74) is 12.7. The summed E-state index contributed by atoms with van der Waals surface area (Å²) in [4.78, 5) is 4.51. The van der Waals surface area contributed by atoms with Crippen LogP contribution in [0, 0.1) is 0 Å². The number of para-hydroxylation sites is 1. The van der Waals surface area contributed by atoms with Crippen molar-refractivity contribution < 1.29 is 4.74 Å². The van der Waals surface area contributed by atoms with E-state index in [0.29, 0.717) is 11.7 Å². The van der Waals surface area contributed by atoms with Gasteiger partial charge in [-0.2, -0.15) is 9.61 Å². The van der Waals surface area contributed by atoms with Crippen molar-refractivity contribution in [1.82, 2.24) is 14.6 Å². The first kappa shape index (κ1) is 19.1. The third kappa shape index (κ3) is 3.58. The first-order valence-electron chi connectivity index (χ1n) is 10.0. The van der Waals surface area contributed by atoms with Gasteiger partial charge in [0.05, 0.1) is 18.3 Å². The Morgan fingerprint density at radius 1 is 1.17 bits per heavy atom. The van der Waals surface area contributed by atoms with Gasteiger partial charge in [-0.25, -0.2) is 4.98 Å². The van der Waals surface area contributed by atoms with Crippen molar-refractivity contribution in [2.24, 2.45) is 0 Å². The Bertz CT molecular complexity index is 1170. The Kier molecular flexibility index (Phi) is 5.25. The zero-order valence-electron chi connectivity index (χ0n) is 17.2. The molecule has 0 spiro atoms. The number of hydrogen-bond acceptors (Lipinski definition) is 5. The van der Waals surface area contributed by atoms with Crippen molar-refractivity contribution in [3.05, 3.63) is 59.3 Å². The lowest BCUT2D eigenvalue weighted by Gasteiger charge is -2.11. The van der Waals surface area contributed by atoms with Crippen LogP contribution in [0.25, 0.3) is 16.4 Å². The lowest BCUT2D eigenvalue weighted by Crippen LogP contribution is -2.03. The van der Waals surface area contributed by atoms with Crippen LogP contribution in [0.2, 0.25) is 0 Å². The molecule has 29 heavy (non-hydrogen) atoms. The molecule has 0 saturated heterocycles. The lowest BCUT2D eigenvalue weighted by atomic mass is 10.0. The SMILES string of the molecule is CCCCc1cc(Cc2cc3c4cccc(OC)c4nc(N)n3n2)ccc1NC. The molecule has 4 aromatic rings. The van der Waals surface area contributed by atoms with Crippen LogP contribution in [0.3, 0.4) is 0 Å². The molecular weight excluding hydrogens is 362 g/mol. The third-order valence-corrected chi connectivity index (χ3v) is 5.32. The largest absolute Gasteiger partial charge is 0.494 e. The molecule has 2 aromatic carbocycles. The van der Waals surface area contributed by atoms with Gasteiger partial charge in [0, 0.05) is 24.5 Å². The van der Waals surface area contributed by atoms with Gasteiger partial charge in [-0.15, -0.1) is 0 Å². The number of aryl methyl sites for hydroxylation is 1. The molecule has 0 amide bonds. The average Bonchev–Trinajstić information content (AvgIpc) is 3.16. The predicted molar refractivity (Wildman–Crippen MR) is 119 cm³/mol. The predicted octanol–water partition coefficient (Wildman–Crippen LogP) is 4.45. The van der Waals surface area contributed by atoms with Gasteiger partial charge >= 0.3 is 0 Å². The number of fused-ring (bicyclic) bond motifs is 3. The number of nitrogens with zero attached hydrogens (tertiary/aromatic N) is 3. The number of unbranched alkanes of at least 4 members (excludes halogenated alkanes) is 1. The van der Waals surface area contributed by atoms with E-state index in [1.54, 1.807) is 11.6 Å². The summed E-state index contributed by atoms with van der Waals surface area (Å²) in [6, 6.07) is 14.6. The van der Waals surface area contributed by atoms with Gasteiger partial charge in [0.1, 0.15) is 11.3 Å². The first-order chi connectivity index (χ1) is 14.1. The molecule has 4 rings (SSSR count). The Hall–Kier alpha value is -3.28. The topological polar surface area (TPSA) is 77.5 Å². The molecule has 0 aliphatic carbocycles. The van der Waals surface area contributed by atoms with Gasteiger partial charge in [-0.1, -0.05) is 37.6 Å². The fourth-order valence-corrected chi connectivity index (χ4v) is 3.84. The fourth-order valence-electron chi connectivity index (χ4n) is 3.84. The van der Waals surface area contributed by atoms with E-state index in [0.717, 1.165) is 35.0 Å². The molecule has 6 nitrogen and oxygen atoms in total. The van der Waals surface area contributed by atoms with Gasteiger partial charge in [-0.05, 0) is 42.2 Å². The maximum Gasteiger partial charge on any atom is 0.222 e. The fraction of sp³-hybridized carbons (Fsp3) is 0.304. The maximum absolute atomic E-state index is 6.20. The highest BCUT2D eigenvalue weighted by Gasteiger charge is 2.13. The highest BCUT2D eigenvalue weighted by atomic mass is 16.5. The number of methoxy groups -OCH3 is 1. The van der Waals surface area contributed by atoms with Crippen LogP contribution in [0.1, 0.15) is 36.6 Å². The summed E-state index contributed by atoms with van der Waals surface area (Å²) >= 11 is 0. The molecule has 0 atom stereocenters. The van der Waals surface area contributed by atoms with Crippen LogP contribution in [0.15, 0.2) is 42.5 Å². The van der Waals surface area contributed by atoms with E-state index in [2.05, 4.69) is 41.5 Å². The Morgan fingerprint density at radius 3 is 2.79 bits per heavy atom. The minimum absolute atomic E-state index is 0.359. The van der Waals surface area contributed by atoms with E-state index >= 15 is 0 Å². The molecule has 0 aliphatic heterocycles. The highest BCUT2D eigenvalue weighted by Crippen LogP contribution is 2.29. The molecule has 0 bridgehead atoms. The third-order valence-electron chi connectivity index (χ3n) is 5.32. The second-order valence-electron chi connectivity index (χ2n) is 7.28. The van der Waals surface area contributed by atoms with Crippen LogP contribution in [-0.2, 0) is 12.8 Å². The second kappa shape index (κ2) is 7.99. The van der Waals surface area contributed by atoms with E-state index < -0.39 is 0 Å². The Labute approximate surface area is 170 Å². The van der Waals surface area contributed by atoms with E-state index in [-0.39, 0.29) is 0 Å². The van der Waals surface area contributed by atoms with Crippen molar-refractivity contribution in [3.63, 3.8) is 0 Å². The number of nitrogens with two attached hydrogens (primary N) is 1. The summed E-state index contributed by atoms with van der Waals surface area (Å²) in [6.45, 7) is 2.22. The van der Waals surface area contributed by atoms with Crippen molar-refractivity contribution in [2.45, 2.75) is 32.6 Å². The lowest BCUT2D eigenvalue weighted by molar-refractivity contribution is 0.419. The summed E-state index contributed by atoms with van der Waals surface area (Å²) < 4.78 is 7.17. The summed E-state index contributed by atoms with van der Waals surface area (Å²) in [7, 11) is 3.62. The molecule has 150 valence electrons. The Morgan fingerprint density at radius 2 is 2.03 bits per heavy atom. The van der Waals surface area contributed by atoms with E-state index in [4.69, 9.17) is 15.6 Å². The molecular formula is C23H27N5O. The quantitative estimate of drug-likeness (QED) is 0.488. The zero-order valence-corrected chi connectivity index (χ0v) is 17.2. The first-order valence-corrected chi connectivity index (χ1v) is 10.0. The number of rotatable bonds is 7. The maximum atomic E-state index is 6.20. The summed E-state index contributed by atoms with van der Waals surface area (Å²) in [6.07, 6.45) is 4.19. The summed E-state index contributed by atoms with van der Waals surface area (Å²) in [5.74, 6) is 1.07. The zero-order chi connectivity index (χ0) is 20.4. The van der Waals surface area contributed by atoms with Gasteiger partial charge in [0.15, 0.2) is 0 Å². The number of nitrogens with one attached hydrogen (secondary N) is 1. The van der Waals surface area contributed by atoms with Gasteiger partial charge in [-0.3, -0.25) is 0 Å². The number of nitrogen functional groups attached to an aromatic ring is 1. The van der Waals surface area contributed by atoms with Crippen molar-refractivity contribution in [2.75, 3.05) is 25.2 Å². The van der Waals surface area contributed by atoms with Crippen molar-refractivity contribution in [1.29, 1.82) is 0 Å². The summed E-state index contributed by atoms with van der Waals surface area (Å²) in [5, 5.41) is 9.00. The van der Waals surface area contributed by atoms with Crippen LogP contribution in [-0.4, -0.2) is 28.8 Å². The number of anilines is 2. The molecule has 0 fully saturated rings. The molecule has 6 heteroatoms. The average molecular weight is 390 g/mol. The van der Waals surface area contributed by atoms with Gasteiger partial charge < -0.3 is 15.8 Å². The minimum atomic E-state index is 0.359. The second-order valence-corrected chi connectivity index (χ2v) is 7.28. The Balaban J connectivity index is 1.74. The molecule has 0 radical (unpaired) electrons. The molecule has 2 heterocycles. The van der Waals surface area contributed by atoms with Crippen LogP contribution in [0.4, 0.5) is 11.6 Å². The molecule has 0 aliphatic rings. The molecule has 0 unspecified atom stereocenters. The van der Waals surface area contributed by atoms with E-state index in [1.807, 2.05) is 25.2 Å². The van der Waals surface area contributed by atoms with E-state index in [1.165, 1.54) is 29.7 Å². The van der Waals surface area contributed by atoms with Gasteiger partial charge in [0.25, 0.3) is 0 Å². The number of aromatic nitrogens is 3. The van der Waals surface area contributed by atoms with E-state index in [9.17, 15) is 0 Å². The van der Waals surface area contributed by atoms with Crippen LogP contribution < -0.4 is 15.8 Å². The monoisotopic (exact) mass is 389 g/mol. The number of ether oxygens (including phenoxy) is 1. The van der Waals surface area contributed by atoms with Crippen molar-refractivity contribution >= 4 is 28.1 Å². The van der Waals surface area contributed by atoms with Crippen LogP contribution in [0.5, 0.6) is 5.75 Å². The smallest absolute Gasteiger partial charge is 0.222 e. The number of benzene rings is 2. The standard InChI is InChI=1S/C23H27N5O/c1-4-5-7-16-12-15(10-11-19(16)25-2)13-17-14-20-18-8-6-9-21(29-3)22(18)26-23(24)28(20)27-17/h6,8-12,14,25H,4-5,7,13H2,1-3H3,(H2,24,26). The van der Waals surface area contributed by atoms with Gasteiger partial charge in [0.2, 0.25) is 5.95 Å². The molecule has 0 saturated carbocycles. The molecule has 3 N–H and O–H groups in total.